The predicted molar refractivity (Wildman–Crippen MR) is 66.4 cm³/mol. The number of sulfonamides is 1. The Morgan fingerprint density at radius 3 is 2.37 bits per heavy atom. The van der Waals surface area contributed by atoms with Crippen LogP contribution in [0.1, 0.15) is 5.69 Å². The summed E-state index contributed by atoms with van der Waals surface area (Å²) in [5, 5.41) is 8.60. The number of nitriles is 1. The second-order valence-corrected chi connectivity index (χ2v) is 8.29. The van der Waals surface area contributed by atoms with E-state index in [1.54, 1.807) is 6.07 Å². The summed E-state index contributed by atoms with van der Waals surface area (Å²) >= 11 is 0. The SMILES string of the molecule is N#Cc1ccc(S(=O)(=O)N2CCS(=O)(=O)CC2)cn1. The van der Waals surface area contributed by atoms with E-state index in [-0.39, 0.29) is 35.2 Å². The summed E-state index contributed by atoms with van der Waals surface area (Å²) in [6.07, 6.45) is 1.11. The monoisotopic (exact) mass is 301 g/mol. The van der Waals surface area contributed by atoms with Crippen molar-refractivity contribution < 1.29 is 16.8 Å². The molecule has 1 aliphatic rings. The maximum absolute atomic E-state index is 12.2. The van der Waals surface area contributed by atoms with Crippen LogP contribution in [-0.4, -0.2) is 50.7 Å². The van der Waals surface area contributed by atoms with Gasteiger partial charge in [0.15, 0.2) is 9.84 Å². The Balaban J connectivity index is 2.25. The van der Waals surface area contributed by atoms with E-state index in [2.05, 4.69) is 4.98 Å². The summed E-state index contributed by atoms with van der Waals surface area (Å²) in [4.78, 5) is 3.67. The van der Waals surface area contributed by atoms with Gasteiger partial charge in [0.1, 0.15) is 16.7 Å². The van der Waals surface area contributed by atoms with Gasteiger partial charge in [-0.3, -0.25) is 0 Å². The molecule has 7 nitrogen and oxygen atoms in total. The molecule has 1 aromatic rings. The van der Waals surface area contributed by atoms with E-state index in [0.717, 1.165) is 10.5 Å². The summed E-state index contributed by atoms with van der Waals surface area (Å²) in [5.74, 6) is -0.341. The normalized spacial score (nSPS) is 19.7. The fraction of sp³-hybridized carbons (Fsp3) is 0.400. The maximum atomic E-state index is 12.2. The molecule has 1 saturated heterocycles. The number of hydrogen-bond donors (Lipinski definition) is 0. The third-order valence-electron chi connectivity index (χ3n) is 2.79. The molecule has 2 rings (SSSR count). The van der Waals surface area contributed by atoms with Crippen molar-refractivity contribution in [2.24, 2.45) is 0 Å². The van der Waals surface area contributed by atoms with Gasteiger partial charge in [-0.2, -0.15) is 9.57 Å². The van der Waals surface area contributed by atoms with Crippen molar-refractivity contribution >= 4 is 19.9 Å². The first-order chi connectivity index (χ1) is 8.85. The standard InChI is InChI=1S/C10H11N3O4S2/c11-7-9-1-2-10(8-12-9)19(16,17)13-3-5-18(14,15)6-4-13/h1-2,8H,3-6H2. The van der Waals surface area contributed by atoms with Gasteiger partial charge < -0.3 is 0 Å². The number of hydrogen-bond acceptors (Lipinski definition) is 6. The van der Waals surface area contributed by atoms with Crippen molar-refractivity contribution in [3.63, 3.8) is 0 Å². The lowest BCUT2D eigenvalue weighted by molar-refractivity contribution is 0.430. The van der Waals surface area contributed by atoms with Crippen molar-refractivity contribution in [3.05, 3.63) is 24.0 Å². The van der Waals surface area contributed by atoms with Crippen LogP contribution in [0.5, 0.6) is 0 Å². The zero-order chi connectivity index (χ0) is 14.1. The Labute approximate surface area is 111 Å². The van der Waals surface area contributed by atoms with Gasteiger partial charge in [-0.25, -0.2) is 21.8 Å². The van der Waals surface area contributed by atoms with E-state index in [1.165, 1.54) is 12.1 Å². The molecule has 0 N–H and O–H groups in total. The highest BCUT2D eigenvalue weighted by molar-refractivity contribution is 7.92. The van der Waals surface area contributed by atoms with Gasteiger partial charge in [-0.05, 0) is 12.1 Å². The molecule has 0 aliphatic carbocycles. The summed E-state index contributed by atoms with van der Waals surface area (Å²) in [5.41, 5.74) is 0.125. The fourth-order valence-electron chi connectivity index (χ4n) is 1.68. The lowest BCUT2D eigenvalue weighted by atomic mass is 10.4. The van der Waals surface area contributed by atoms with Crippen molar-refractivity contribution in [2.75, 3.05) is 24.6 Å². The number of pyridine rings is 1. The summed E-state index contributed by atoms with van der Waals surface area (Å²) in [6.45, 7) is -0.102. The molecule has 2 heterocycles. The first-order valence-corrected chi connectivity index (χ1v) is 8.68. The quantitative estimate of drug-likeness (QED) is 0.719. The van der Waals surface area contributed by atoms with Gasteiger partial charge >= 0.3 is 0 Å². The molecule has 0 bridgehead atoms. The van der Waals surface area contributed by atoms with Gasteiger partial charge in [-0.15, -0.1) is 0 Å². The van der Waals surface area contributed by atoms with E-state index in [9.17, 15) is 16.8 Å². The topological polar surface area (TPSA) is 108 Å². The van der Waals surface area contributed by atoms with Crippen molar-refractivity contribution in [3.8, 4) is 6.07 Å². The molecule has 0 radical (unpaired) electrons. The second kappa shape index (κ2) is 4.88. The third-order valence-corrected chi connectivity index (χ3v) is 6.28. The lowest BCUT2D eigenvalue weighted by Crippen LogP contribution is -2.43. The highest BCUT2D eigenvalue weighted by Gasteiger charge is 2.31. The zero-order valence-electron chi connectivity index (χ0n) is 9.85. The van der Waals surface area contributed by atoms with Crippen molar-refractivity contribution in [2.45, 2.75) is 4.90 Å². The zero-order valence-corrected chi connectivity index (χ0v) is 11.5. The molecule has 0 amide bonds. The summed E-state index contributed by atoms with van der Waals surface area (Å²) in [6, 6.07) is 4.41. The molecule has 0 saturated carbocycles. The van der Waals surface area contributed by atoms with E-state index < -0.39 is 19.9 Å². The van der Waals surface area contributed by atoms with Gasteiger partial charge in [-0.1, -0.05) is 0 Å². The second-order valence-electron chi connectivity index (χ2n) is 4.05. The van der Waals surface area contributed by atoms with Crippen LogP contribution in [0.25, 0.3) is 0 Å². The van der Waals surface area contributed by atoms with Crippen molar-refractivity contribution in [1.29, 1.82) is 5.26 Å². The number of rotatable bonds is 2. The van der Waals surface area contributed by atoms with E-state index in [0.29, 0.717) is 0 Å². The molecule has 0 aromatic carbocycles. The van der Waals surface area contributed by atoms with Crippen LogP contribution in [0, 0.1) is 11.3 Å². The van der Waals surface area contributed by atoms with Crippen LogP contribution < -0.4 is 0 Å². The Morgan fingerprint density at radius 2 is 1.89 bits per heavy atom. The third kappa shape index (κ3) is 2.91. The molecule has 0 spiro atoms. The van der Waals surface area contributed by atoms with Gasteiger partial charge in [0.25, 0.3) is 0 Å². The van der Waals surface area contributed by atoms with Crippen LogP contribution >= 0.6 is 0 Å². The smallest absolute Gasteiger partial charge is 0.244 e. The molecule has 19 heavy (non-hydrogen) atoms. The summed E-state index contributed by atoms with van der Waals surface area (Å²) in [7, 11) is -6.87. The lowest BCUT2D eigenvalue weighted by Gasteiger charge is -2.25. The molecular formula is C10H11N3O4S2. The Bertz CT molecular complexity index is 703. The van der Waals surface area contributed by atoms with Gasteiger partial charge in [0.2, 0.25) is 10.0 Å². The molecule has 1 aromatic heterocycles. The molecule has 9 heteroatoms. The summed E-state index contributed by atoms with van der Waals surface area (Å²) < 4.78 is 48.1. The molecule has 1 fully saturated rings. The number of nitrogens with zero attached hydrogens (tertiary/aromatic N) is 3. The van der Waals surface area contributed by atoms with E-state index in [1.807, 2.05) is 0 Å². The Kier molecular flexibility index (Phi) is 3.58. The Hall–Kier alpha value is -1.50. The van der Waals surface area contributed by atoms with E-state index in [4.69, 9.17) is 5.26 Å². The molecule has 1 aliphatic heterocycles. The van der Waals surface area contributed by atoms with Crippen LogP contribution in [0.3, 0.4) is 0 Å². The number of aromatic nitrogens is 1. The molecular weight excluding hydrogens is 290 g/mol. The van der Waals surface area contributed by atoms with Crippen LogP contribution in [0.4, 0.5) is 0 Å². The van der Waals surface area contributed by atoms with Crippen LogP contribution in [-0.2, 0) is 19.9 Å². The first-order valence-electron chi connectivity index (χ1n) is 5.42. The molecule has 0 atom stereocenters. The molecule has 102 valence electrons. The molecule has 0 unspecified atom stereocenters. The minimum atomic E-state index is -3.74. The average Bonchev–Trinajstić information content (AvgIpc) is 2.38. The highest BCUT2D eigenvalue weighted by Crippen LogP contribution is 2.17. The largest absolute Gasteiger partial charge is 0.244 e. The van der Waals surface area contributed by atoms with E-state index >= 15 is 0 Å². The average molecular weight is 301 g/mol. The Morgan fingerprint density at radius 1 is 1.26 bits per heavy atom. The van der Waals surface area contributed by atoms with Crippen LogP contribution in [0.15, 0.2) is 23.2 Å². The van der Waals surface area contributed by atoms with Gasteiger partial charge in [0, 0.05) is 19.3 Å². The van der Waals surface area contributed by atoms with Crippen LogP contribution in [0.2, 0.25) is 0 Å². The minimum absolute atomic E-state index is 0.0363. The minimum Gasteiger partial charge on any atom is -0.244 e. The first kappa shape index (κ1) is 13.9. The maximum Gasteiger partial charge on any atom is 0.244 e. The fourth-order valence-corrected chi connectivity index (χ4v) is 4.50. The van der Waals surface area contributed by atoms with Crippen molar-refractivity contribution in [1.82, 2.24) is 9.29 Å². The predicted octanol–water partition coefficient (Wildman–Crippen LogP) is -0.628. The highest BCUT2D eigenvalue weighted by atomic mass is 32.2. The number of sulfone groups is 1. The van der Waals surface area contributed by atoms with Gasteiger partial charge in [0.05, 0.1) is 11.5 Å².